The number of hydrogen-bond donors (Lipinski definition) is 3. The predicted octanol–water partition coefficient (Wildman–Crippen LogP) is -0.645. The van der Waals surface area contributed by atoms with Crippen LogP contribution in [0.2, 0.25) is 0 Å². The first-order valence-corrected chi connectivity index (χ1v) is 7.34. The van der Waals surface area contributed by atoms with E-state index >= 15 is 0 Å². The summed E-state index contributed by atoms with van der Waals surface area (Å²) in [7, 11) is -1.51. The fourth-order valence-corrected chi connectivity index (χ4v) is 1.47. The van der Waals surface area contributed by atoms with Gasteiger partial charge in [0, 0.05) is 26.7 Å². The maximum absolute atomic E-state index is 10.8. The Kier molecular flexibility index (Phi) is 13.4. The van der Waals surface area contributed by atoms with Crippen LogP contribution in [-0.2, 0) is 14.8 Å². The van der Waals surface area contributed by atoms with Crippen LogP contribution in [0, 0.1) is 0 Å². The van der Waals surface area contributed by atoms with Crippen LogP contribution in [0.3, 0.4) is 0 Å². The topological polar surface area (TPSA) is 91.8 Å². The second-order valence-corrected chi connectivity index (χ2v) is 5.18. The van der Waals surface area contributed by atoms with Gasteiger partial charge < -0.3 is 15.4 Å². The van der Waals surface area contributed by atoms with Gasteiger partial charge in [0.1, 0.15) is 0 Å². The number of nitrogens with zero attached hydrogens (tertiary/aromatic N) is 1. The van der Waals surface area contributed by atoms with Gasteiger partial charge in [-0.15, -0.1) is 24.0 Å². The summed E-state index contributed by atoms with van der Waals surface area (Å²) < 4.78 is 28.9. The molecule has 0 aliphatic rings. The molecular formula is C9H23IN4O3S. The molecule has 0 bridgehead atoms. The van der Waals surface area contributed by atoms with Gasteiger partial charge in [0.2, 0.25) is 10.0 Å². The van der Waals surface area contributed by atoms with Crippen LogP contribution in [-0.4, -0.2) is 60.5 Å². The second-order valence-electron chi connectivity index (χ2n) is 3.35. The minimum Gasteiger partial charge on any atom is -0.383 e. The Morgan fingerprint density at radius 1 is 1.28 bits per heavy atom. The Balaban J connectivity index is 0. The fraction of sp³-hybridized carbons (Fsp3) is 0.889. The molecule has 0 aromatic carbocycles. The number of sulfonamides is 1. The van der Waals surface area contributed by atoms with E-state index in [2.05, 4.69) is 20.3 Å². The quantitative estimate of drug-likeness (QED) is 0.220. The molecule has 0 saturated carbocycles. The maximum atomic E-state index is 10.8. The summed E-state index contributed by atoms with van der Waals surface area (Å²) in [6, 6.07) is 0. The van der Waals surface area contributed by atoms with Crippen molar-refractivity contribution in [3.63, 3.8) is 0 Å². The first kappa shape index (κ1) is 20.2. The third kappa shape index (κ3) is 13.9. The number of ether oxygens (including phenoxy) is 1. The Labute approximate surface area is 126 Å². The minimum atomic E-state index is -3.14. The lowest BCUT2D eigenvalue weighted by atomic mass is 10.6. The molecule has 18 heavy (non-hydrogen) atoms. The van der Waals surface area contributed by atoms with E-state index in [0.717, 1.165) is 12.8 Å². The monoisotopic (exact) mass is 394 g/mol. The van der Waals surface area contributed by atoms with Crippen molar-refractivity contribution in [2.75, 3.05) is 46.2 Å². The molecule has 9 heteroatoms. The largest absolute Gasteiger partial charge is 0.383 e. The normalized spacial score (nSPS) is 11.8. The van der Waals surface area contributed by atoms with Gasteiger partial charge >= 0.3 is 0 Å². The van der Waals surface area contributed by atoms with Crippen LogP contribution < -0.4 is 15.4 Å². The van der Waals surface area contributed by atoms with E-state index in [4.69, 9.17) is 4.74 Å². The molecule has 0 aromatic heterocycles. The summed E-state index contributed by atoms with van der Waals surface area (Å²) in [5.41, 5.74) is 0. The van der Waals surface area contributed by atoms with E-state index in [9.17, 15) is 8.42 Å². The Bertz CT molecular complexity index is 322. The van der Waals surface area contributed by atoms with E-state index in [1.165, 1.54) is 0 Å². The van der Waals surface area contributed by atoms with Gasteiger partial charge in [0.15, 0.2) is 5.96 Å². The van der Waals surface area contributed by atoms with Crippen molar-refractivity contribution < 1.29 is 13.2 Å². The minimum absolute atomic E-state index is 0. The van der Waals surface area contributed by atoms with E-state index in [1.807, 2.05) is 6.92 Å². The van der Waals surface area contributed by atoms with Crippen molar-refractivity contribution in [2.45, 2.75) is 6.92 Å². The summed E-state index contributed by atoms with van der Waals surface area (Å²) >= 11 is 0. The highest BCUT2D eigenvalue weighted by atomic mass is 127. The molecule has 0 amide bonds. The predicted molar refractivity (Wildman–Crippen MR) is 84.1 cm³/mol. The van der Waals surface area contributed by atoms with Gasteiger partial charge in [-0.1, -0.05) is 0 Å². The smallest absolute Gasteiger partial charge is 0.208 e. The van der Waals surface area contributed by atoms with Gasteiger partial charge in [-0.05, 0) is 6.92 Å². The zero-order valence-corrected chi connectivity index (χ0v) is 14.2. The first-order valence-electron chi connectivity index (χ1n) is 5.45. The van der Waals surface area contributed by atoms with E-state index in [1.54, 1.807) is 7.11 Å². The molecular weight excluding hydrogens is 371 g/mol. The molecule has 0 aliphatic heterocycles. The molecule has 0 saturated heterocycles. The summed E-state index contributed by atoms with van der Waals surface area (Å²) in [5.74, 6) is 0.653. The van der Waals surface area contributed by atoms with Crippen LogP contribution in [0.25, 0.3) is 0 Å². The highest BCUT2D eigenvalue weighted by Crippen LogP contribution is 1.77. The van der Waals surface area contributed by atoms with Crippen LogP contribution >= 0.6 is 24.0 Å². The van der Waals surface area contributed by atoms with Gasteiger partial charge in [0.05, 0.1) is 19.4 Å². The van der Waals surface area contributed by atoms with Crippen molar-refractivity contribution in [3.8, 4) is 0 Å². The Hall–Kier alpha value is -0.130. The molecule has 0 fully saturated rings. The Morgan fingerprint density at radius 3 is 2.44 bits per heavy atom. The molecule has 0 rings (SSSR count). The van der Waals surface area contributed by atoms with Crippen LogP contribution in [0.4, 0.5) is 0 Å². The number of halogens is 1. The van der Waals surface area contributed by atoms with Crippen molar-refractivity contribution >= 4 is 40.0 Å². The summed E-state index contributed by atoms with van der Waals surface area (Å²) in [6.45, 7) is 4.63. The first-order chi connectivity index (χ1) is 7.99. The highest BCUT2D eigenvalue weighted by Gasteiger charge is 1.99. The van der Waals surface area contributed by atoms with E-state index in [-0.39, 0.29) is 24.0 Å². The summed E-state index contributed by atoms with van der Waals surface area (Å²) in [6.07, 6.45) is 1.12. The fourth-order valence-electron chi connectivity index (χ4n) is 1.01. The maximum Gasteiger partial charge on any atom is 0.208 e. The molecule has 0 spiro atoms. The van der Waals surface area contributed by atoms with Crippen molar-refractivity contribution in [1.29, 1.82) is 0 Å². The number of hydrogen-bond acceptors (Lipinski definition) is 4. The molecule has 0 radical (unpaired) electrons. The number of methoxy groups -OCH3 is 1. The van der Waals surface area contributed by atoms with E-state index < -0.39 is 10.0 Å². The van der Waals surface area contributed by atoms with Crippen molar-refractivity contribution in [1.82, 2.24) is 15.4 Å². The van der Waals surface area contributed by atoms with Crippen LogP contribution in [0.1, 0.15) is 6.92 Å². The van der Waals surface area contributed by atoms with Crippen molar-refractivity contribution in [2.24, 2.45) is 4.99 Å². The van der Waals surface area contributed by atoms with Gasteiger partial charge in [-0.2, -0.15) is 0 Å². The lowest BCUT2D eigenvalue weighted by molar-refractivity contribution is 0.203. The third-order valence-corrected chi connectivity index (χ3v) is 2.42. The Morgan fingerprint density at radius 2 is 1.94 bits per heavy atom. The molecule has 0 aromatic rings. The molecule has 3 N–H and O–H groups in total. The number of guanidine groups is 1. The van der Waals surface area contributed by atoms with Crippen LogP contribution in [0.15, 0.2) is 4.99 Å². The lowest BCUT2D eigenvalue weighted by Gasteiger charge is -2.10. The standard InChI is InChI=1S/C9H22N4O3S.HI/c1-4-10-9(12-7-8-16-2)11-5-6-13-17(3,14)15;/h13H,4-8H2,1-3H3,(H2,10,11,12);1H. The summed E-state index contributed by atoms with van der Waals surface area (Å²) in [5, 5.41) is 6.10. The molecule has 0 aliphatic carbocycles. The molecule has 0 unspecified atom stereocenters. The second kappa shape index (κ2) is 11.9. The third-order valence-electron chi connectivity index (χ3n) is 1.69. The van der Waals surface area contributed by atoms with E-state index in [0.29, 0.717) is 32.2 Å². The zero-order valence-electron chi connectivity index (χ0n) is 11.0. The lowest BCUT2D eigenvalue weighted by Crippen LogP contribution is -2.39. The summed E-state index contributed by atoms with van der Waals surface area (Å²) in [4.78, 5) is 4.20. The number of aliphatic imine (C=N–C) groups is 1. The van der Waals surface area contributed by atoms with Gasteiger partial charge in [0.25, 0.3) is 0 Å². The average Bonchev–Trinajstić information content (AvgIpc) is 2.23. The molecule has 7 nitrogen and oxygen atoms in total. The highest BCUT2D eigenvalue weighted by molar-refractivity contribution is 14.0. The molecule has 0 atom stereocenters. The average molecular weight is 394 g/mol. The number of rotatable bonds is 8. The number of nitrogens with one attached hydrogen (secondary N) is 3. The SMILES string of the molecule is CCNC(=NCCNS(C)(=O)=O)NCCOC.I. The zero-order chi connectivity index (χ0) is 13.1. The molecule has 0 heterocycles. The van der Waals surface area contributed by atoms with Gasteiger partial charge in [-0.25, -0.2) is 13.1 Å². The molecule has 110 valence electrons. The van der Waals surface area contributed by atoms with Crippen molar-refractivity contribution in [3.05, 3.63) is 0 Å². The van der Waals surface area contributed by atoms with Gasteiger partial charge in [-0.3, -0.25) is 4.99 Å². The van der Waals surface area contributed by atoms with Crippen LogP contribution in [0.5, 0.6) is 0 Å².